The molecule has 2 heteroatoms. The molecular formula is C11H14BrN. The van der Waals surface area contributed by atoms with E-state index in [1.54, 1.807) is 0 Å². The lowest BCUT2D eigenvalue weighted by molar-refractivity contribution is 0.720. The van der Waals surface area contributed by atoms with Gasteiger partial charge in [-0.2, -0.15) is 0 Å². The summed E-state index contributed by atoms with van der Waals surface area (Å²) in [5.74, 6) is 0.733. The second kappa shape index (κ2) is 3.79. The summed E-state index contributed by atoms with van der Waals surface area (Å²) in [7, 11) is 0. The molecule has 1 saturated carbocycles. The first-order valence-electron chi connectivity index (χ1n) is 4.81. The molecule has 1 aliphatic rings. The number of hydrogen-bond donors (Lipinski definition) is 0. The fourth-order valence-corrected chi connectivity index (χ4v) is 2.75. The zero-order valence-electron chi connectivity index (χ0n) is 7.83. The van der Waals surface area contributed by atoms with E-state index in [1.165, 1.54) is 30.4 Å². The van der Waals surface area contributed by atoms with Crippen molar-refractivity contribution in [1.82, 2.24) is 4.98 Å². The summed E-state index contributed by atoms with van der Waals surface area (Å²) in [5, 5.41) is 0. The van der Waals surface area contributed by atoms with Gasteiger partial charge in [-0.05, 0) is 43.2 Å². The van der Waals surface area contributed by atoms with Gasteiger partial charge in [-0.3, -0.25) is 4.98 Å². The molecule has 1 heterocycles. The van der Waals surface area contributed by atoms with Crippen LogP contribution in [0.3, 0.4) is 0 Å². The Balaban J connectivity index is 2.16. The van der Waals surface area contributed by atoms with Crippen LogP contribution < -0.4 is 0 Å². The molecule has 1 aromatic rings. The highest BCUT2D eigenvalue weighted by Gasteiger charge is 2.23. The van der Waals surface area contributed by atoms with Gasteiger partial charge < -0.3 is 0 Å². The van der Waals surface area contributed by atoms with Crippen LogP contribution in [0.15, 0.2) is 18.5 Å². The van der Waals surface area contributed by atoms with Crippen LogP contribution in [0.2, 0.25) is 0 Å². The van der Waals surface area contributed by atoms with Gasteiger partial charge in [-0.15, -0.1) is 0 Å². The minimum Gasteiger partial charge on any atom is -0.264 e. The molecule has 0 saturated heterocycles. The Morgan fingerprint density at radius 3 is 2.85 bits per heavy atom. The number of aromatic nitrogens is 1. The molecule has 1 aromatic heterocycles. The SMILES string of the molecule is Cc1cncc(C2CCC(Br)C2)c1. The van der Waals surface area contributed by atoms with Crippen LogP contribution in [0.4, 0.5) is 0 Å². The predicted octanol–water partition coefficient (Wildman–Crippen LogP) is 3.42. The van der Waals surface area contributed by atoms with E-state index in [2.05, 4.69) is 33.9 Å². The Kier molecular flexibility index (Phi) is 2.68. The molecule has 1 fully saturated rings. The fourth-order valence-electron chi connectivity index (χ4n) is 2.03. The lowest BCUT2D eigenvalue weighted by Crippen LogP contribution is -1.95. The lowest BCUT2D eigenvalue weighted by Gasteiger charge is -2.09. The third-order valence-corrected chi connectivity index (χ3v) is 3.57. The maximum atomic E-state index is 4.24. The molecule has 0 radical (unpaired) electrons. The second-order valence-corrected chi connectivity index (χ2v) is 5.20. The van der Waals surface area contributed by atoms with Crippen molar-refractivity contribution in [2.24, 2.45) is 0 Å². The molecule has 13 heavy (non-hydrogen) atoms. The molecule has 0 N–H and O–H groups in total. The second-order valence-electron chi connectivity index (χ2n) is 3.90. The van der Waals surface area contributed by atoms with E-state index < -0.39 is 0 Å². The molecular weight excluding hydrogens is 226 g/mol. The summed E-state index contributed by atoms with van der Waals surface area (Å²) in [5.41, 5.74) is 2.69. The summed E-state index contributed by atoms with van der Waals surface area (Å²) >= 11 is 3.67. The van der Waals surface area contributed by atoms with Gasteiger partial charge in [-0.25, -0.2) is 0 Å². The number of alkyl halides is 1. The van der Waals surface area contributed by atoms with Crippen LogP contribution in [-0.4, -0.2) is 9.81 Å². The van der Waals surface area contributed by atoms with Crippen LogP contribution in [-0.2, 0) is 0 Å². The van der Waals surface area contributed by atoms with Crippen molar-refractivity contribution in [1.29, 1.82) is 0 Å². The molecule has 1 nitrogen and oxygen atoms in total. The van der Waals surface area contributed by atoms with Crippen molar-refractivity contribution < 1.29 is 0 Å². The van der Waals surface area contributed by atoms with Gasteiger partial charge in [0.1, 0.15) is 0 Å². The molecule has 0 aliphatic heterocycles. The van der Waals surface area contributed by atoms with E-state index in [9.17, 15) is 0 Å². The van der Waals surface area contributed by atoms with Gasteiger partial charge in [0.15, 0.2) is 0 Å². The normalized spacial score (nSPS) is 27.8. The molecule has 2 unspecified atom stereocenters. The standard InChI is InChI=1S/C11H14BrN/c1-8-4-10(7-13-6-8)9-2-3-11(12)5-9/h4,6-7,9,11H,2-3,5H2,1H3. The van der Waals surface area contributed by atoms with Gasteiger partial charge >= 0.3 is 0 Å². The average molecular weight is 240 g/mol. The van der Waals surface area contributed by atoms with Crippen LogP contribution in [0.25, 0.3) is 0 Å². The molecule has 70 valence electrons. The van der Waals surface area contributed by atoms with E-state index in [0.717, 1.165) is 10.7 Å². The maximum Gasteiger partial charge on any atom is 0.0302 e. The Morgan fingerprint density at radius 1 is 1.38 bits per heavy atom. The third kappa shape index (κ3) is 2.11. The van der Waals surface area contributed by atoms with Crippen molar-refractivity contribution in [2.75, 3.05) is 0 Å². The van der Waals surface area contributed by atoms with E-state index in [1.807, 2.05) is 12.4 Å². The highest BCUT2D eigenvalue weighted by atomic mass is 79.9. The zero-order chi connectivity index (χ0) is 9.26. The van der Waals surface area contributed by atoms with Gasteiger partial charge in [0.2, 0.25) is 0 Å². The largest absolute Gasteiger partial charge is 0.264 e. The minimum atomic E-state index is 0.720. The molecule has 1 aliphatic carbocycles. The molecule has 0 bridgehead atoms. The summed E-state index contributed by atoms with van der Waals surface area (Å²) in [6.45, 7) is 2.11. The number of pyridine rings is 1. The maximum absolute atomic E-state index is 4.24. The van der Waals surface area contributed by atoms with Crippen LogP contribution in [0.5, 0.6) is 0 Å². The number of rotatable bonds is 1. The van der Waals surface area contributed by atoms with Crippen LogP contribution in [0.1, 0.15) is 36.3 Å². The van der Waals surface area contributed by atoms with E-state index in [-0.39, 0.29) is 0 Å². The van der Waals surface area contributed by atoms with Crippen molar-refractivity contribution in [3.8, 4) is 0 Å². The Morgan fingerprint density at radius 2 is 2.23 bits per heavy atom. The highest BCUT2D eigenvalue weighted by Crippen LogP contribution is 2.37. The van der Waals surface area contributed by atoms with Crippen molar-refractivity contribution in [3.05, 3.63) is 29.6 Å². The first kappa shape index (κ1) is 9.20. The third-order valence-electron chi connectivity index (χ3n) is 2.74. The van der Waals surface area contributed by atoms with Crippen molar-refractivity contribution in [2.45, 2.75) is 36.9 Å². The molecule has 0 aromatic carbocycles. The van der Waals surface area contributed by atoms with Crippen LogP contribution >= 0.6 is 15.9 Å². The summed E-state index contributed by atoms with van der Waals surface area (Å²) in [6, 6.07) is 2.27. The smallest absolute Gasteiger partial charge is 0.0302 e. The molecule has 2 atom stereocenters. The quantitative estimate of drug-likeness (QED) is 0.685. The van der Waals surface area contributed by atoms with E-state index >= 15 is 0 Å². The average Bonchev–Trinajstić information content (AvgIpc) is 2.52. The number of aryl methyl sites for hydroxylation is 1. The molecule has 0 amide bonds. The fraction of sp³-hybridized carbons (Fsp3) is 0.545. The van der Waals surface area contributed by atoms with Crippen LogP contribution in [0, 0.1) is 6.92 Å². The van der Waals surface area contributed by atoms with Gasteiger partial charge in [0, 0.05) is 17.2 Å². The Bertz CT molecular complexity index is 298. The number of halogens is 1. The molecule has 0 spiro atoms. The Hall–Kier alpha value is -0.370. The number of hydrogen-bond acceptors (Lipinski definition) is 1. The predicted molar refractivity (Wildman–Crippen MR) is 58.3 cm³/mol. The Labute approximate surface area is 87.7 Å². The summed E-state index contributed by atoms with van der Waals surface area (Å²) in [4.78, 5) is 4.96. The number of nitrogens with zero attached hydrogens (tertiary/aromatic N) is 1. The lowest BCUT2D eigenvalue weighted by atomic mass is 9.99. The van der Waals surface area contributed by atoms with Gasteiger partial charge in [0.05, 0.1) is 0 Å². The van der Waals surface area contributed by atoms with E-state index in [4.69, 9.17) is 0 Å². The van der Waals surface area contributed by atoms with Crippen molar-refractivity contribution >= 4 is 15.9 Å². The monoisotopic (exact) mass is 239 g/mol. The summed E-state index contributed by atoms with van der Waals surface area (Å²) < 4.78 is 0. The first-order valence-corrected chi connectivity index (χ1v) is 5.73. The summed E-state index contributed by atoms with van der Waals surface area (Å²) in [6.07, 6.45) is 7.82. The zero-order valence-corrected chi connectivity index (χ0v) is 9.42. The van der Waals surface area contributed by atoms with Crippen molar-refractivity contribution in [3.63, 3.8) is 0 Å². The minimum absolute atomic E-state index is 0.720. The molecule has 2 rings (SSSR count). The van der Waals surface area contributed by atoms with E-state index in [0.29, 0.717) is 0 Å². The first-order chi connectivity index (χ1) is 6.25. The highest BCUT2D eigenvalue weighted by molar-refractivity contribution is 9.09. The topological polar surface area (TPSA) is 12.9 Å². The van der Waals surface area contributed by atoms with Gasteiger partial charge in [0.25, 0.3) is 0 Å². The van der Waals surface area contributed by atoms with Gasteiger partial charge in [-0.1, -0.05) is 22.0 Å².